The number of carbonyl (C=O) groups excluding carboxylic acids is 1. The molecule has 1 amide bonds. The topological polar surface area (TPSA) is 66.9 Å². The molecule has 5 nitrogen and oxygen atoms in total. The number of hydrogen-bond donors (Lipinski definition) is 2. The Hall–Kier alpha value is -1.85. The SMILES string of the molecule is Cc1cc(C(=O)NCCC(C)C)nc(Nc2c(Cl)cccc2Cl)n1. The summed E-state index contributed by atoms with van der Waals surface area (Å²) in [6.45, 7) is 6.62. The van der Waals surface area contributed by atoms with E-state index in [1.165, 1.54) is 0 Å². The number of halogens is 2. The normalized spacial score (nSPS) is 10.8. The van der Waals surface area contributed by atoms with Crippen LogP contribution in [0.4, 0.5) is 11.6 Å². The van der Waals surface area contributed by atoms with Crippen LogP contribution in [0.3, 0.4) is 0 Å². The Morgan fingerprint density at radius 2 is 1.88 bits per heavy atom. The van der Waals surface area contributed by atoms with Crippen LogP contribution in [-0.4, -0.2) is 22.4 Å². The lowest BCUT2D eigenvalue weighted by atomic mass is 10.1. The van der Waals surface area contributed by atoms with E-state index in [2.05, 4.69) is 34.4 Å². The number of aryl methyl sites for hydroxylation is 1. The molecule has 1 heterocycles. The van der Waals surface area contributed by atoms with Crippen LogP contribution in [0.1, 0.15) is 36.5 Å². The van der Waals surface area contributed by atoms with Gasteiger partial charge >= 0.3 is 0 Å². The molecule has 0 saturated heterocycles. The first-order valence-corrected chi connectivity index (χ1v) is 8.47. The zero-order chi connectivity index (χ0) is 17.7. The number of amides is 1. The maximum atomic E-state index is 12.2. The van der Waals surface area contributed by atoms with Crippen molar-refractivity contribution in [2.45, 2.75) is 27.2 Å². The number of aromatic nitrogens is 2. The summed E-state index contributed by atoms with van der Waals surface area (Å²) in [7, 11) is 0. The number of hydrogen-bond acceptors (Lipinski definition) is 4. The first-order valence-electron chi connectivity index (χ1n) is 7.71. The Bertz CT molecular complexity index is 714. The highest BCUT2D eigenvalue weighted by Crippen LogP contribution is 2.31. The molecule has 0 unspecified atom stereocenters. The third-order valence-electron chi connectivity index (χ3n) is 3.29. The van der Waals surface area contributed by atoms with Crippen LogP contribution in [0.15, 0.2) is 24.3 Å². The van der Waals surface area contributed by atoms with Gasteiger partial charge in [0.25, 0.3) is 5.91 Å². The number of rotatable bonds is 6. The van der Waals surface area contributed by atoms with Gasteiger partial charge in [0.15, 0.2) is 0 Å². The molecule has 0 aliphatic carbocycles. The minimum absolute atomic E-state index is 0.227. The van der Waals surface area contributed by atoms with Crippen molar-refractivity contribution < 1.29 is 4.79 Å². The molecule has 0 aliphatic heterocycles. The number of para-hydroxylation sites is 1. The second-order valence-electron chi connectivity index (χ2n) is 5.88. The summed E-state index contributed by atoms with van der Waals surface area (Å²) in [5, 5.41) is 6.76. The van der Waals surface area contributed by atoms with Crippen LogP contribution in [0.25, 0.3) is 0 Å². The third kappa shape index (κ3) is 5.08. The predicted octanol–water partition coefficient (Wildman–Crippen LogP) is 4.61. The summed E-state index contributed by atoms with van der Waals surface area (Å²) in [5.41, 5.74) is 1.49. The summed E-state index contributed by atoms with van der Waals surface area (Å²) in [6, 6.07) is 6.82. The molecule has 7 heteroatoms. The minimum atomic E-state index is -0.227. The molecule has 0 spiro atoms. The van der Waals surface area contributed by atoms with Gasteiger partial charge < -0.3 is 10.6 Å². The van der Waals surface area contributed by atoms with Gasteiger partial charge in [0.2, 0.25) is 5.95 Å². The molecular weight excluding hydrogens is 347 g/mol. The van der Waals surface area contributed by atoms with Crippen molar-refractivity contribution in [3.8, 4) is 0 Å². The summed E-state index contributed by atoms with van der Waals surface area (Å²) < 4.78 is 0. The van der Waals surface area contributed by atoms with Gasteiger partial charge in [-0.2, -0.15) is 0 Å². The lowest BCUT2D eigenvalue weighted by molar-refractivity contribution is 0.0947. The Morgan fingerprint density at radius 1 is 1.21 bits per heavy atom. The van der Waals surface area contributed by atoms with Crippen LogP contribution >= 0.6 is 23.2 Å². The minimum Gasteiger partial charge on any atom is -0.351 e. The molecule has 0 bridgehead atoms. The lowest BCUT2D eigenvalue weighted by Gasteiger charge is -2.11. The van der Waals surface area contributed by atoms with Gasteiger partial charge in [-0.15, -0.1) is 0 Å². The van der Waals surface area contributed by atoms with E-state index in [4.69, 9.17) is 23.2 Å². The molecule has 2 rings (SSSR count). The van der Waals surface area contributed by atoms with Crippen LogP contribution in [0.5, 0.6) is 0 Å². The number of carbonyl (C=O) groups is 1. The highest BCUT2D eigenvalue weighted by atomic mass is 35.5. The van der Waals surface area contributed by atoms with Crippen LogP contribution in [0.2, 0.25) is 10.0 Å². The maximum Gasteiger partial charge on any atom is 0.270 e. The summed E-state index contributed by atoms with van der Waals surface area (Å²) in [6.07, 6.45) is 0.913. The fourth-order valence-corrected chi connectivity index (χ4v) is 2.53. The highest BCUT2D eigenvalue weighted by molar-refractivity contribution is 6.39. The maximum absolute atomic E-state index is 12.2. The van der Waals surface area contributed by atoms with E-state index in [0.29, 0.717) is 39.6 Å². The Labute approximate surface area is 151 Å². The van der Waals surface area contributed by atoms with Gasteiger partial charge in [-0.25, -0.2) is 9.97 Å². The molecule has 0 radical (unpaired) electrons. The van der Waals surface area contributed by atoms with Crippen molar-refractivity contribution in [2.24, 2.45) is 5.92 Å². The highest BCUT2D eigenvalue weighted by Gasteiger charge is 2.13. The average Bonchev–Trinajstić information content (AvgIpc) is 2.50. The van der Waals surface area contributed by atoms with Crippen LogP contribution in [0, 0.1) is 12.8 Å². The lowest BCUT2D eigenvalue weighted by Crippen LogP contribution is -2.26. The Morgan fingerprint density at radius 3 is 2.50 bits per heavy atom. The van der Waals surface area contributed by atoms with Crippen molar-refractivity contribution >= 4 is 40.7 Å². The quantitative estimate of drug-likeness (QED) is 0.782. The van der Waals surface area contributed by atoms with Gasteiger partial charge in [0, 0.05) is 12.2 Å². The number of benzene rings is 1. The van der Waals surface area contributed by atoms with E-state index in [-0.39, 0.29) is 11.9 Å². The van der Waals surface area contributed by atoms with E-state index in [1.54, 1.807) is 31.2 Å². The van der Waals surface area contributed by atoms with Gasteiger partial charge in [-0.05, 0) is 37.5 Å². The molecule has 0 atom stereocenters. The molecule has 0 saturated carbocycles. The van der Waals surface area contributed by atoms with Crippen molar-refractivity contribution in [3.63, 3.8) is 0 Å². The van der Waals surface area contributed by atoms with Gasteiger partial charge in [0.05, 0.1) is 15.7 Å². The molecule has 1 aromatic heterocycles. The summed E-state index contributed by atoms with van der Waals surface area (Å²) in [4.78, 5) is 20.8. The second-order valence-corrected chi connectivity index (χ2v) is 6.69. The second kappa shape index (κ2) is 8.31. The largest absolute Gasteiger partial charge is 0.351 e. The van der Waals surface area contributed by atoms with E-state index in [0.717, 1.165) is 6.42 Å². The van der Waals surface area contributed by atoms with E-state index < -0.39 is 0 Å². The van der Waals surface area contributed by atoms with Gasteiger partial charge in [-0.1, -0.05) is 43.1 Å². The Kier molecular flexibility index (Phi) is 6.40. The monoisotopic (exact) mass is 366 g/mol. The van der Waals surface area contributed by atoms with Gasteiger partial charge in [-0.3, -0.25) is 4.79 Å². The Balaban J connectivity index is 2.18. The van der Waals surface area contributed by atoms with E-state index in [1.807, 2.05) is 0 Å². The number of nitrogens with zero attached hydrogens (tertiary/aromatic N) is 2. The fraction of sp³-hybridized carbons (Fsp3) is 0.353. The first kappa shape index (κ1) is 18.5. The average molecular weight is 367 g/mol. The van der Waals surface area contributed by atoms with Gasteiger partial charge in [0.1, 0.15) is 5.69 Å². The molecule has 128 valence electrons. The third-order valence-corrected chi connectivity index (χ3v) is 3.92. The van der Waals surface area contributed by atoms with Crippen molar-refractivity contribution in [1.82, 2.24) is 15.3 Å². The van der Waals surface area contributed by atoms with Crippen LogP contribution < -0.4 is 10.6 Å². The van der Waals surface area contributed by atoms with E-state index in [9.17, 15) is 4.79 Å². The molecule has 1 aromatic carbocycles. The van der Waals surface area contributed by atoms with Crippen molar-refractivity contribution in [3.05, 3.63) is 45.7 Å². The molecule has 0 aliphatic rings. The zero-order valence-corrected chi connectivity index (χ0v) is 15.4. The number of nitrogens with one attached hydrogen (secondary N) is 2. The molecule has 2 N–H and O–H groups in total. The number of anilines is 2. The van der Waals surface area contributed by atoms with E-state index >= 15 is 0 Å². The smallest absolute Gasteiger partial charge is 0.270 e. The molecule has 2 aromatic rings. The van der Waals surface area contributed by atoms with Crippen molar-refractivity contribution in [2.75, 3.05) is 11.9 Å². The molecular formula is C17H20Cl2N4O. The fourth-order valence-electron chi connectivity index (χ4n) is 2.03. The van der Waals surface area contributed by atoms with Crippen LogP contribution in [-0.2, 0) is 0 Å². The summed E-state index contributed by atoms with van der Waals surface area (Å²) >= 11 is 12.3. The zero-order valence-electron chi connectivity index (χ0n) is 13.9. The standard InChI is InChI=1S/C17H20Cl2N4O/c1-10(2)7-8-20-16(24)14-9-11(3)21-17(22-14)23-15-12(18)5-4-6-13(15)19/h4-6,9-10H,7-8H2,1-3H3,(H,20,24)(H,21,22,23). The molecule has 0 fully saturated rings. The summed E-state index contributed by atoms with van der Waals surface area (Å²) in [5.74, 6) is 0.575. The first-order chi connectivity index (χ1) is 11.4. The van der Waals surface area contributed by atoms with Crippen molar-refractivity contribution in [1.29, 1.82) is 0 Å². The molecule has 24 heavy (non-hydrogen) atoms. The predicted molar refractivity (Wildman–Crippen MR) is 98.3 cm³/mol.